The van der Waals surface area contributed by atoms with Crippen LogP contribution in [0.5, 0.6) is 5.75 Å². The van der Waals surface area contributed by atoms with Gasteiger partial charge in [0.25, 0.3) is 5.91 Å². The number of hydrogen-bond donors (Lipinski definition) is 0. The van der Waals surface area contributed by atoms with Gasteiger partial charge >= 0.3 is 0 Å². The van der Waals surface area contributed by atoms with Crippen LogP contribution in [-0.2, 0) is 4.79 Å². The average Bonchev–Trinajstić information content (AvgIpc) is 2.54. The van der Waals surface area contributed by atoms with Gasteiger partial charge in [0.05, 0.1) is 0 Å². The maximum atomic E-state index is 12.7. The zero-order valence-electron chi connectivity index (χ0n) is 13.6. The van der Waals surface area contributed by atoms with Gasteiger partial charge in [0.2, 0.25) is 0 Å². The second kappa shape index (κ2) is 7.99. The number of piperazine rings is 1. The minimum absolute atomic E-state index is 0.101. The molecular weight excluding hydrogens is 276 g/mol. The summed E-state index contributed by atoms with van der Waals surface area (Å²) in [5.74, 6) is 0.900. The molecule has 4 nitrogen and oxygen atoms in total. The molecule has 4 heteroatoms. The largest absolute Gasteiger partial charge is 0.480 e. The van der Waals surface area contributed by atoms with E-state index in [4.69, 9.17) is 4.74 Å². The standard InChI is InChI=1S/C18H26N2O2/c1-4-10-19-11-13-20(14-12-19)18(21)16(5-2)22-17-9-7-6-8-15(17)3/h4,6-9,16H,1,5,10-14H2,2-3H3/t16-/m0/s1. The Balaban J connectivity index is 1.95. The number of nitrogens with zero attached hydrogens (tertiary/aromatic N) is 2. The van der Waals surface area contributed by atoms with Gasteiger partial charge in [0.1, 0.15) is 5.75 Å². The van der Waals surface area contributed by atoms with Crippen LogP contribution in [0.15, 0.2) is 36.9 Å². The minimum atomic E-state index is -0.396. The van der Waals surface area contributed by atoms with Crippen molar-refractivity contribution >= 4 is 5.91 Å². The third-order valence-electron chi connectivity index (χ3n) is 4.08. The number of ether oxygens (including phenoxy) is 1. The molecule has 0 aliphatic carbocycles. The molecular formula is C18H26N2O2. The van der Waals surface area contributed by atoms with E-state index in [9.17, 15) is 4.79 Å². The number of carbonyl (C=O) groups is 1. The van der Waals surface area contributed by atoms with Crippen LogP contribution in [0.4, 0.5) is 0 Å². The summed E-state index contributed by atoms with van der Waals surface area (Å²) in [6, 6.07) is 7.84. The van der Waals surface area contributed by atoms with Crippen molar-refractivity contribution < 1.29 is 9.53 Å². The van der Waals surface area contributed by atoms with E-state index in [1.165, 1.54) is 0 Å². The highest BCUT2D eigenvalue weighted by atomic mass is 16.5. The Labute approximate surface area is 133 Å². The van der Waals surface area contributed by atoms with Crippen LogP contribution in [0.1, 0.15) is 18.9 Å². The zero-order chi connectivity index (χ0) is 15.9. The van der Waals surface area contributed by atoms with Gasteiger partial charge in [-0.15, -0.1) is 6.58 Å². The second-order valence-corrected chi connectivity index (χ2v) is 5.69. The molecule has 22 heavy (non-hydrogen) atoms. The Morgan fingerprint density at radius 3 is 2.59 bits per heavy atom. The van der Waals surface area contributed by atoms with Crippen LogP contribution in [0.3, 0.4) is 0 Å². The lowest BCUT2D eigenvalue weighted by atomic mass is 10.2. The van der Waals surface area contributed by atoms with Gasteiger partial charge in [-0.25, -0.2) is 0 Å². The molecule has 1 aliphatic heterocycles. The summed E-state index contributed by atoms with van der Waals surface area (Å²) < 4.78 is 5.96. The summed E-state index contributed by atoms with van der Waals surface area (Å²) in [4.78, 5) is 16.9. The fourth-order valence-corrected chi connectivity index (χ4v) is 2.69. The quantitative estimate of drug-likeness (QED) is 0.757. The van der Waals surface area contributed by atoms with E-state index in [-0.39, 0.29) is 5.91 Å². The summed E-state index contributed by atoms with van der Waals surface area (Å²) in [6.07, 6.45) is 2.19. The predicted molar refractivity (Wildman–Crippen MR) is 89.1 cm³/mol. The first kappa shape index (κ1) is 16.6. The van der Waals surface area contributed by atoms with Crippen LogP contribution < -0.4 is 4.74 Å². The van der Waals surface area contributed by atoms with E-state index < -0.39 is 6.10 Å². The van der Waals surface area contributed by atoms with Crippen molar-refractivity contribution in [2.75, 3.05) is 32.7 Å². The minimum Gasteiger partial charge on any atom is -0.480 e. The molecule has 1 heterocycles. The van der Waals surface area contributed by atoms with Crippen molar-refractivity contribution in [2.24, 2.45) is 0 Å². The molecule has 0 unspecified atom stereocenters. The van der Waals surface area contributed by atoms with E-state index in [0.29, 0.717) is 6.42 Å². The number of hydrogen-bond acceptors (Lipinski definition) is 3. The Kier molecular flexibility index (Phi) is 6.01. The highest BCUT2D eigenvalue weighted by Crippen LogP contribution is 2.20. The Bertz CT molecular complexity index is 508. The fraction of sp³-hybridized carbons (Fsp3) is 0.500. The van der Waals surface area contributed by atoms with Gasteiger partial charge in [-0.05, 0) is 25.0 Å². The van der Waals surface area contributed by atoms with Crippen molar-refractivity contribution in [1.29, 1.82) is 0 Å². The fourth-order valence-electron chi connectivity index (χ4n) is 2.69. The zero-order valence-corrected chi connectivity index (χ0v) is 13.6. The summed E-state index contributed by atoms with van der Waals surface area (Å²) in [7, 11) is 0. The number of carbonyl (C=O) groups excluding carboxylic acids is 1. The number of rotatable bonds is 6. The average molecular weight is 302 g/mol. The first-order valence-electron chi connectivity index (χ1n) is 8.00. The van der Waals surface area contributed by atoms with Crippen molar-refractivity contribution in [3.63, 3.8) is 0 Å². The van der Waals surface area contributed by atoms with Crippen molar-refractivity contribution in [2.45, 2.75) is 26.4 Å². The number of amides is 1. The normalized spacial score (nSPS) is 17.1. The molecule has 1 atom stereocenters. The molecule has 1 aromatic carbocycles. The first-order valence-corrected chi connectivity index (χ1v) is 8.00. The lowest BCUT2D eigenvalue weighted by molar-refractivity contribution is -0.140. The third kappa shape index (κ3) is 4.10. The molecule has 1 amide bonds. The Morgan fingerprint density at radius 2 is 2.00 bits per heavy atom. The third-order valence-corrected chi connectivity index (χ3v) is 4.08. The molecule has 0 bridgehead atoms. The van der Waals surface area contributed by atoms with E-state index >= 15 is 0 Å². The van der Waals surface area contributed by atoms with Crippen LogP contribution in [0, 0.1) is 6.92 Å². The SMILES string of the molecule is C=CCN1CCN(C(=O)[C@H](CC)Oc2ccccc2C)CC1. The predicted octanol–water partition coefficient (Wildman–Crippen LogP) is 2.48. The van der Waals surface area contributed by atoms with Crippen molar-refractivity contribution in [1.82, 2.24) is 9.80 Å². The topological polar surface area (TPSA) is 32.8 Å². The lowest BCUT2D eigenvalue weighted by Gasteiger charge is -2.35. The molecule has 1 fully saturated rings. The summed E-state index contributed by atoms with van der Waals surface area (Å²) >= 11 is 0. The summed E-state index contributed by atoms with van der Waals surface area (Å²) in [6.45, 7) is 12.0. The summed E-state index contributed by atoms with van der Waals surface area (Å²) in [5, 5.41) is 0. The van der Waals surface area contributed by atoms with E-state index in [1.54, 1.807) is 0 Å². The maximum absolute atomic E-state index is 12.7. The van der Waals surface area contributed by atoms with Crippen LogP contribution >= 0.6 is 0 Å². The molecule has 0 saturated carbocycles. The number of benzene rings is 1. The highest BCUT2D eigenvalue weighted by Gasteiger charge is 2.27. The van der Waals surface area contributed by atoms with Crippen LogP contribution in [0.2, 0.25) is 0 Å². The van der Waals surface area contributed by atoms with E-state index in [1.807, 2.05) is 49.1 Å². The smallest absolute Gasteiger partial charge is 0.263 e. The Morgan fingerprint density at radius 1 is 1.32 bits per heavy atom. The molecule has 1 aliphatic rings. The number of para-hydroxylation sites is 1. The second-order valence-electron chi connectivity index (χ2n) is 5.69. The van der Waals surface area contributed by atoms with E-state index in [2.05, 4.69) is 11.5 Å². The molecule has 120 valence electrons. The molecule has 0 N–H and O–H groups in total. The van der Waals surface area contributed by atoms with Crippen LogP contribution in [-0.4, -0.2) is 54.5 Å². The van der Waals surface area contributed by atoms with Crippen molar-refractivity contribution in [3.05, 3.63) is 42.5 Å². The van der Waals surface area contributed by atoms with Gasteiger partial charge in [-0.1, -0.05) is 31.2 Å². The van der Waals surface area contributed by atoms with Gasteiger partial charge in [0.15, 0.2) is 6.10 Å². The van der Waals surface area contributed by atoms with E-state index in [0.717, 1.165) is 44.0 Å². The van der Waals surface area contributed by atoms with Gasteiger partial charge in [-0.2, -0.15) is 0 Å². The first-order chi connectivity index (χ1) is 10.7. The molecule has 0 radical (unpaired) electrons. The lowest BCUT2D eigenvalue weighted by Crippen LogP contribution is -2.52. The molecule has 1 aromatic rings. The maximum Gasteiger partial charge on any atom is 0.263 e. The summed E-state index contributed by atoms with van der Waals surface area (Å²) in [5.41, 5.74) is 1.06. The molecule has 1 saturated heterocycles. The van der Waals surface area contributed by atoms with Crippen LogP contribution in [0.25, 0.3) is 0 Å². The molecule has 0 spiro atoms. The van der Waals surface area contributed by atoms with Gasteiger partial charge < -0.3 is 9.64 Å². The van der Waals surface area contributed by atoms with Gasteiger partial charge in [-0.3, -0.25) is 9.69 Å². The molecule has 0 aromatic heterocycles. The number of aryl methyl sites for hydroxylation is 1. The molecule has 2 rings (SSSR count). The monoisotopic (exact) mass is 302 g/mol. The Hall–Kier alpha value is -1.81. The van der Waals surface area contributed by atoms with Gasteiger partial charge in [0, 0.05) is 32.7 Å². The highest BCUT2D eigenvalue weighted by molar-refractivity contribution is 5.81. The van der Waals surface area contributed by atoms with Crippen molar-refractivity contribution in [3.8, 4) is 5.75 Å².